The third-order valence-electron chi connectivity index (χ3n) is 3.90. The zero-order valence-corrected chi connectivity index (χ0v) is 13.1. The van der Waals surface area contributed by atoms with Gasteiger partial charge < -0.3 is 11.1 Å². The number of rotatable bonds is 6. The largest absolute Gasteiger partial charge is 0.352 e. The predicted molar refractivity (Wildman–Crippen MR) is 84.2 cm³/mol. The molecule has 1 heterocycles. The van der Waals surface area contributed by atoms with Gasteiger partial charge in [-0.1, -0.05) is 0 Å². The van der Waals surface area contributed by atoms with Gasteiger partial charge in [0.2, 0.25) is 0 Å². The molecule has 21 heavy (non-hydrogen) atoms. The zero-order chi connectivity index (χ0) is 15.4. The lowest BCUT2D eigenvalue weighted by Crippen LogP contribution is -2.35. The van der Waals surface area contributed by atoms with Crippen LogP contribution in [0.4, 0.5) is 0 Å². The number of carbonyl (C=O) groups excluding carboxylic acids is 1. The molecule has 3 N–H and O–H groups in total. The highest BCUT2D eigenvalue weighted by atomic mass is 16.1. The molecule has 5 heteroatoms. The summed E-state index contributed by atoms with van der Waals surface area (Å²) >= 11 is 0. The van der Waals surface area contributed by atoms with E-state index in [4.69, 9.17) is 5.73 Å². The van der Waals surface area contributed by atoms with Gasteiger partial charge in [-0.3, -0.25) is 4.79 Å². The van der Waals surface area contributed by atoms with Gasteiger partial charge in [0.1, 0.15) is 0 Å². The topological polar surface area (TPSA) is 63.9 Å². The number of aromatic nitrogens is 2. The molecule has 1 amide bonds. The first kappa shape index (κ1) is 15.5. The lowest BCUT2D eigenvalue weighted by Gasteiger charge is -2.04. The van der Waals surface area contributed by atoms with E-state index in [-0.39, 0.29) is 5.91 Å². The van der Waals surface area contributed by atoms with Crippen molar-refractivity contribution >= 4 is 16.9 Å². The van der Waals surface area contributed by atoms with Crippen LogP contribution >= 0.6 is 0 Å². The van der Waals surface area contributed by atoms with Gasteiger partial charge in [0.15, 0.2) is 11.0 Å². The molecule has 2 aromatic rings. The Morgan fingerprint density at radius 2 is 2.14 bits per heavy atom. The van der Waals surface area contributed by atoms with Gasteiger partial charge in [-0.15, -0.1) is 0 Å². The number of hydrogen-bond donors (Lipinski definition) is 2. The monoisotopic (exact) mass is 289 g/mol. The number of nitrogens with one attached hydrogen (secondary N) is 1. The molecular formula is C16H25N4O+. The van der Waals surface area contributed by atoms with Crippen LogP contribution in [0.1, 0.15) is 36.5 Å². The molecule has 0 saturated heterocycles. The summed E-state index contributed by atoms with van der Waals surface area (Å²) in [6, 6.07) is 5.91. The fourth-order valence-electron chi connectivity index (χ4n) is 2.81. The van der Waals surface area contributed by atoms with Crippen LogP contribution in [0.5, 0.6) is 0 Å². The van der Waals surface area contributed by atoms with Crippen molar-refractivity contribution in [2.24, 2.45) is 5.73 Å². The lowest BCUT2D eigenvalue weighted by molar-refractivity contribution is -0.674. The van der Waals surface area contributed by atoms with E-state index in [2.05, 4.69) is 35.2 Å². The summed E-state index contributed by atoms with van der Waals surface area (Å²) < 4.78 is 4.52. The van der Waals surface area contributed by atoms with Crippen LogP contribution in [0.25, 0.3) is 11.0 Å². The van der Waals surface area contributed by atoms with Gasteiger partial charge in [0.05, 0.1) is 13.1 Å². The second kappa shape index (κ2) is 6.72. The van der Waals surface area contributed by atoms with Gasteiger partial charge in [0, 0.05) is 25.1 Å². The Balaban J connectivity index is 2.39. The van der Waals surface area contributed by atoms with Crippen molar-refractivity contribution in [1.29, 1.82) is 0 Å². The summed E-state index contributed by atoms with van der Waals surface area (Å²) in [5, 5.41) is 2.90. The van der Waals surface area contributed by atoms with Crippen molar-refractivity contribution in [3.05, 3.63) is 29.6 Å². The number of nitrogens with two attached hydrogens (primary N) is 1. The van der Waals surface area contributed by atoms with Crippen LogP contribution in [0, 0.1) is 6.92 Å². The Morgan fingerprint density at radius 3 is 2.76 bits per heavy atom. The Labute approximate surface area is 125 Å². The lowest BCUT2D eigenvalue weighted by atomic mass is 10.2. The normalized spacial score (nSPS) is 11.0. The summed E-state index contributed by atoms with van der Waals surface area (Å²) in [6.45, 7) is 9.42. The van der Waals surface area contributed by atoms with E-state index < -0.39 is 0 Å². The van der Waals surface area contributed by atoms with Crippen molar-refractivity contribution in [3.8, 4) is 0 Å². The maximum Gasteiger partial charge on any atom is 0.254 e. The summed E-state index contributed by atoms with van der Waals surface area (Å²) in [6.07, 6.45) is 0.800. The number of fused-ring (bicyclic) bond motifs is 1. The molecule has 0 aliphatic rings. The average Bonchev–Trinajstić information content (AvgIpc) is 2.77. The van der Waals surface area contributed by atoms with Crippen LogP contribution in [-0.2, 0) is 13.1 Å². The molecule has 1 aromatic carbocycles. The predicted octanol–water partition coefficient (Wildman–Crippen LogP) is 1.36. The molecular weight excluding hydrogens is 264 g/mol. The Kier molecular flexibility index (Phi) is 4.96. The maximum absolute atomic E-state index is 12.2. The molecule has 0 fully saturated rings. The average molecular weight is 289 g/mol. The van der Waals surface area contributed by atoms with Crippen LogP contribution in [0.2, 0.25) is 0 Å². The van der Waals surface area contributed by atoms with Gasteiger partial charge in [-0.25, -0.2) is 9.13 Å². The quantitative estimate of drug-likeness (QED) is 0.623. The Morgan fingerprint density at radius 1 is 1.38 bits per heavy atom. The van der Waals surface area contributed by atoms with E-state index in [1.165, 1.54) is 11.3 Å². The maximum atomic E-state index is 12.2. The Bertz CT molecular complexity index is 645. The SMILES string of the molecule is CCn1c(C)[n+](CC)c2ccc(C(=O)NCCCN)cc21. The number of imidazole rings is 1. The van der Waals surface area contributed by atoms with Gasteiger partial charge in [-0.2, -0.15) is 0 Å². The van der Waals surface area contributed by atoms with Crippen molar-refractivity contribution in [3.63, 3.8) is 0 Å². The third kappa shape index (κ3) is 2.93. The highest BCUT2D eigenvalue weighted by Crippen LogP contribution is 2.16. The fourth-order valence-corrected chi connectivity index (χ4v) is 2.81. The van der Waals surface area contributed by atoms with E-state index >= 15 is 0 Å². The number of benzene rings is 1. The summed E-state index contributed by atoms with van der Waals surface area (Å²) in [4.78, 5) is 12.2. The highest BCUT2D eigenvalue weighted by molar-refractivity contribution is 5.97. The zero-order valence-electron chi connectivity index (χ0n) is 13.1. The summed E-state index contributed by atoms with van der Waals surface area (Å²) in [5.74, 6) is 1.19. The van der Waals surface area contributed by atoms with Crippen LogP contribution < -0.4 is 15.6 Å². The minimum atomic E-state index is -0.0325. The van der Waals surface area contributed by atoms with E-state index in [1.54, 1.807) is 0 Å². The van der Waals surface area contributed by atoms with Crippen molar-refractivity contribution in [1.82, 2.24) is 9.88 Å². The van der Waals surface area contributed by atoms with Crippen molar-refractivity contribution < 1.29 is 9.36 Å². The third-order valence-corrected chi connectivity index (χ3v) is 3.90. The smallest absolute Gasteiger partial charge is 0.254 e. The molecule has 0 bridgehead atoms. The number of nitrogens with zero attached hydrogens (tertiary/aromatic N) is 2. The molecule has 0 aliphatic carbocycles. The number of aryl methyl sites for hydroxylation is 2. The van der Waals surface area contributed by atoms with Crippen molar-refractivity contribution in [2.75, 3.05) is 13.1 Å². The molecule has 0 spiro atoms. The van der Waals surface area contributed by atoms with Crippen molar-refractivity contribution in [2.45, 2.75) is 40.3 Å². The second-order valence-electron chi connectivity index (χ2n) is 5.14. The standard InChI is InChI=1S/C16H24N4O/c1-4-19-12(3)20(5-2)15-11-13(7-8-14(15)19)16(21)18-10-6-9-17/h7-8,11H,4-6,9-10,17H2,1-3H3/p+1. The first-order valence-electron chi connectivity index (χ1n) is 7.65. The molecule has 114 valence electrons. The first-order chi connectivity index (χ1) is 10.1. The molecule has 5 nitrogen and oxygen atoms in total. The first-order valence-corrected chi connectivity index (χ1v) is 7.65. The van der Waals surface area contributed by atoms with E-state index in [9.17, 15) is 4.79 Å². The molecule has 0 unspecified atom stereocenters. The van der Waals surface area contributed by atoms with Crippen LogP contribution in [0.3, 0.4) is 0 Å². The van der Waals surface area contributed by atoms with Gasteiger partial charge in [-0.05, 0) is 38.9 Å². The second-order valence-corrected chi connectivity index (χ2v) is 5.14. The molecule has 1 aromatic heterocycles. The molecule has 0 aliphatic heterocycles. The van der Waals surface area contributed by atoms with Crippen LogP contribution in [-0.4, -0.2) is 23.6 Å². The molecule has 2 rings (SSSR count). The van der Waals surface area contributed by atoms with Gasteiger partial charge >= 0.3 is 0 Å². The van der Waals surface area contributed by atoms with E-state index in [1.807, 2.05) is 18.2 Å². The number of amides is 1. The van der Waals surface area contributed by atoms with Crippen LogP contribution in [0.15, 0.2) is 18.2 Å². The van der Waals surface area contributed by atoms with E-state index in [0.29, 0.717) is 18.7 Å². The fraction of sp³-hybridized carbons (Fsp3) is 0.500. The minimum Gasteiger partial charge on any atom is -0.352 e. The number of hydrogen-bond acceptors (Lipinski definition) is 2. The molecule has 0 atom stereocenters. The summed E-state index contributed by atoms with van der Waals surface area (Å²) in [5.41, 5.74) is 8.44. The van der Waals surface area contributed by atoms with E-state index in [0.717, 1.165) is 25.0 Å². The summed E-state index contributed by atoms with van der Waals surface area (Å²) in [7, 11) is 0. The Hall–Kier alpha value is -1.88. The molecule has 0 radical (unpaired) electrons. The highest BCUT2D eigenvalue weighted by Gasteiger charge is 2.20. The molecule has 0 saturated carbocycles. The van der Waals surface area contributed by atoms with Gasteiger partial charge in [0.25, 0.3) is 11.7 Å². The number of carbonyl (C=O) groups is 1. The minimum absolute atomic E-state index is 0.0325.